The van der Waals surface area contributed by atoms with Gasteiger partial charge in [-0.25, -0.2) is 9.97 Å². The summed E-state index contributed by atoms with van der Waals surface area (Å²) in [6.07, 6.45) is 2.00. The number of aromatic nitrogens is 5. The number of hydrogen-bond acceptors (Lipinski definition) is 3. The number of fused-ring (bicyclic) bond motifs is 8. The molecule has 0 saturated heterocycles. The van der Waals surface area contributed by atoms with E-state index in [1.54, 1.807) is 0 Å². The van der Waals surface area contributed by atoms with Gasteiger partial charge in [0, 0.05) is 28.8 Å². The fourth-order valence-corrected chi connectivity index (χ4v) is 8.48. The summed E-state index contributed by atoms with van der Waals surface area (Å²) in [4.78, 5) is 10.2. The van der Waals surface area contributed by atoms with Gasteiger partial charge < -0.3 is 13.9 Å². The minimum Gasteiger partial charge on any atom is -0.509 e. The zero-order valence-electron chi connectivity index (χ0n) is 33.5. The Morgan fingerprint density at radius 2 is 1.28 bits per heavy atom. The predicted octanol–water partition coefficient (Wildman–Crippen LogP) is 13.3. The monoisotopic (exact) mass is 956 g/mol. The molecule has 7 heteroatoms. The van der Waals surface area contributed by atoms with Crippen LogP contribution in [0.4, 0.5) is 0 Å². The molecule has 4 heterocycles. The van der Waals surface area contributed by atoms with E-state index >= 15 is 0 Å². The van der Waals surface area contributed by atoms with Crippen LogP contribution in [0.5, 0.6) is 11.5 Å². The molecule has 11 aromatic rings. The molecule has 6 nitrogen and oxygen atoms in total. The normalized spacial score (nSPS) is 11.9. The number of para-hydroxylation sites is 4. The minimum absolute atomic E-state index is 0. The van der Waals surface area contributed by atoms with Crippen LogP contribution in [0.15, 0.2) is 164 Å². The molecular formula is C53H39N5OPt. The van der Waals surface area contributed by atoms with Crippen LogP contribution in [0, 0.1) is 19.1 Å². The Morgan fingerprint density at radius 1 is 0.567 bits per heavy atom. The zero-order valence-corrected chi connectivity index (χ0v) is 35.8. The van der Waals surface area contributed by atoms with Crippen molar-refractivity contribution in [3.8, 4) is 45.3 Å². The molecule has 0 amide bonds. The van der Waals surface area contributed by atoms with Crippen molar-refractivity contribution in [1.29, 1.82) is 0 Å². The molecule has 0 bridgehead atoms. The van der Waals surface area contributed by atoms with Crippen molar-refractivity contribution in [2.45, 2.75) is 33.1 Å². The van der Waals surface area contributed by atoms with E-state index in [4.69, 9.17) is 14.7 Å². The summed E-state index contributed by atoms with van der Waals surface area (Å²) in [5.74, 6) is 2.81. The first-order chi connectivity index (χ1) is 28.8. The van der Waals surface area contributed by atoms with Gasteiger partial charge in [0.05, 0.1) is 22.1 Å². The van der Waals surface area contributed by atoms with E-state index in [2.05, 4.69) is 181 Å². The second-order valence-corrected chi connectivity index (χ2v) is 16.3. The fraction of sp³-hybridized carbons (Fsp3) is 0.0943. The van der Waals surface area contributed by atoms with Crippen molar-refractivity contribution in [3.05, 3.63) is 187 Å². The van der Waals surface area contributed by atoms with Crippen molar-refractivity contribution in [2.24, 2.45) is 0 Å². The van der Waals surface area contributed by atoms with Crippen LogP contribution >= 0.6 is 0 Å². The van der Waals surface area contributed by atoms with Gasteiger partial charge in [-0.15, -0.1) is 35.7 Å². The van der Waals surface area contributed by atoms with E-state index in [9.17, 15) is 0 Å². The van der Waals surface area contributed by atoms with Gasteiger partial charge in [0.1, 0.15) is 5.82 Å². The third-order valence-electron chi connectivity index (χ3n) is 11.5. The van der Waals surface area contributed by atoms with Gasteiger partial charge in [0.15, 0.2) is 0 Å². The van der Waals surface area contributed by atoms with E-state index in [-0.39, 0.29) is 26.5 Å². The summed E-state index contributed by atoms with van der Waals surface area (Å²) in [7, 11) is 0. The van der Waals surface area contributed by atoms with Crippen molar-refractivity contribution < 1.29 is 25.8 Å². The molecule has 0 radical (unpaired) electrons. The first kappa shape index (κ1) is 37.5. The first-order valence-electron chi connectivity index (χ1n) is 20.0. The van der Waals surface area contributed by atoms with Crippen LogP contribution in [0.25, 0.3) is 83.4 Å². The van der Waals surface area contributed by atoms with Gasteiger partial charge in [-0.05, 0) is 81.9 Å². The number of ether oxygens (including phenoxy) is 1. The average molecular weight is 957 g/mol. The van der Waals surface area contributed by atoms with Gasteiger partial charge in [0.25, 0.3) is 0 Å². The molecule has 292 valence electrons. The molecule has 0 aliphatic rings. The standard InChI is InChI=1S/C53H39N5O.Pt/c1-34-29-51(54-33-44(34)36-21-24-38(25-22-36)53(2,3)4)57-46-28-23-37(35-13-6-5-7-14-35)30-43(46)42-27-26-41(32-50(42)57)59-40-16-12-15-39(31-40)56-48-19-10-11-20-49(48)58-47-18-9-8-17-45(47)55-52(56)58;/h5-30,33H,1-4H3;/q-2;+2. The Kier molecular flexibility index (Phi) is 9.07. The van der Waals surface area contributed by atoms with Crippen molar-refractivity contribution >= 4 is 49.7 Å². The molecule has 0 saturated carbocycles. The Hall–Kier alpha value is -6.75. The third kappa shape index (κ3) is 6.22. The molecular weight excluding hydrogens is 918 g/mol. The molecule has 0 atom stereocenters. The summed E-state index contributed by atoms with van der Waals surface area (Å²) >= 11 is 0. The minimum atomic E-state index is 0. The third-order valence-corrected chi connectivity index (χ3v) is 11.5. The molecule has 0 fully saturated rings. The molecule has 11 rings (SSSR count). The Balaban J connectivity index is 0.00000433. The quantitative estimate of drug-likeness (QED) is 0.156. The van der Waals surface area contributed by atoms with Gasteiger partial charge in [-0.3, -0.25) is 4.40 Å². The summed E-state index contributed by atoms with van der Waals surface area (Å²) in [6.45, 7) is 8.89. The molecule has 7 aromatic carbocycles. The number of aryl methyl sites for hydroxylation is 1. The summed E-state index contributed by atoms with van der Waals surface area (Å²) < 4.78 is 13.2. The summed E-state index contributed by atoms with van der Waals surface area (Å²) in [6, 6.07) is 62.2. The zero-order chi connectivity index (χ0) is 39.8. The molecule has 0 aliphatic heterocycles. The molecule has 0 spiro atoms. The van der Waals surface area contributed by atoms with Crippen LogP contribution in [0.3, 0.4) is 0 Å². The van der Waals surface area contributed by atoms with Crippen LogP contribution in [0.1, 0.15) is 31.9 Å². The largest absolute Gasteiger partial charge is 2.00 e. The Bertz CT molecular complexity index is 3410. The van der Waals surface area contributed by atoms with Gasteiger partial charge >= 0.3 is 21.1 Å². The maximum Gasteiger partial charge on any atom is 2.00 e. The maximum atomic E-state index is 6.64. The van der Waals surface area contributed by atoms with Crippen LogP contribution in [0.2, 0.25) is 0 Å². The van der Waals surface area contributed by atoms with Gasteiger partial charge in [-0.1, -0.05) is 123 Å². The number of pyridine rings is 1. The molecule has 0 unspecified atom stereocenters. The van der Waals surface area contributed by atoms with E-state index in [0.29, 0.717) is 11.5 Å². The van der Waals surface area contributed by atoms with Crippen molar-refractivity contribution in [1.82, 2.24) is 23.5 Å². The molecule has 0 aliphatic carbocycles. The van der Waals surface area contributed by atoms with E-state index < -0.39 is 0 Å². The Morgan fingerprint density at radius 3 is 2.07 bits per heavy atom. The van der Waals surface area contributed by atoms with E-state index in [1.165, 1.54) is 11.1 Å². The van der Waals surface area contributed by atoms with Crippen LogP contribution in [-0.4, -0.2) is 23.5 Å². The van der Waals surface area contributed by atoms with Crippen LogP contribution in [-0.2, 0) is 26.5 Å². The first-order valence-corrected chi connectivity index (χ1v) is 20.0. The summed E-state index contributed by atoms with van der Waals surface area (Å²) in [5.41, 5.74) is 14.0. The number of imidazole rings is 2. The second-order valence-electron chi connectivity index (χ2n) is 16.3. The number of rotatable bonds is 6. The topological polar surface area (TPSA) is 49.3 Å². The second kappa shape index (κ2) is 14.5. The fourth-order valence-electron chi connectivity index (χ4n) is 8.48. The average Bonchev–Trinajstić information content (AvgIpc) is 3.90. The maximum absolute atomic E-state index is 6.64. The SMILES string of the molecule is Cc1cc(-n2c3[c-]c(Oc4[c-]c(-n5c6ccccc6n6c7ccccc7nc56)ccc4)ccc3c3cc(-c4ccccc4)ccc32)ncc1-c1ccc(C(C)(C)C)cc1.[Pt+2]. The molecule has 60 heavy (non-hydrogen) atoms. The summed E-state index contributed by atoms with van der Waals surface area (Å²) in [5, 5.41) is 2.19. The smallest absolute Gasteiger partial charge is 0.509 e. The van der Waals surface area contributed by atoms with Crippen LogP contribution < -0.4 is 4.74 Å². The number of nitrogens with zero attached hydrogens (tertiary/aromatic N) is 5. The number of hydrogen-bond donors (Lipinski definition) is 0. The van der Waals surface area contributed by atoms with E-state index in [0.717, 1.165) is 83.4 Å². The molecule has 0 N–H and O–H groups in total. The van der Waals surface area contributed by atoms with Gasteiger partial charge in [0.2, 0.25) is 5.78 Å². The predicted molar refractivity (Wildman–Crippen MR) is 240 cm³/mol. The molecule has 4 aromatic heterocycles. The van der Waals surface area contributed by atoms with Gasteiger partial charge in [-0.2, -0.15) is 12.1 Å². The number of benzene rings is 7. The Labute approximate surface area is 362 Å². The van der Waals surface area contributed by atoms with Crippen molar-refractivity contribution in [3.63, 3.8) is 0 Å². The van der Waals surface area contributed by atoms with Crippen molar-refractivity contribution in [2.75, 3.05) is 0 Å². The van der Waals surface area contributed by atoms with E-state index in [1.807, 2.05) is 36.5 Å².